The van der Waals surface area contributed by atoms with Gasteiger partial charge in [0.1, 0.15) is 0 Å². The molecule has 3 heterocycles. The number of likely N-dealkylation sites (tertiary alicyclic amines) is 1. The van der Waals surface area contributed by atoms with Crippen molar-refractivity contribution in [2.75, 3.05) is 13.1 Å². The van der Waals surface area contributed by atoms with Gasteiger partial charge in [-0.25, -0.2) is 4.79 Å². The summed E-state index contributed by atoms with van der Waals surface area (Å²) in [6.45, 7) is 6.09. The summed E-state index contributed by atoms with van der Waals surface area (Å²) in [6.07, 6.45) is 4.31. The maximum atomic E-state index is 12.7. The summed E-state index contributed by atoms with van der Waals surface area (Å²) in [5.41, 5.74) is 5.34. The number of nitrogens with one attached hydrogen (secondary N) is 1. The average Bonchev–Trinajstić information content (AvgIpc) is 3.43. The molecule has 2 aliphatic rings. The minimum Gasteiger partial charge on any atom is -0.306 e. The van der Waals surface area contributed by atoms with E-state index >= 15 is 0 Å². The van der Waals surface area contributed by atoms with E-state index in [0.717, 1.165) is 48.5 Å². The highest BCUT2D eigenvalue weighted by molar-refractivity contribution is 5.75. The molecule has 4 aromatic rings. The molecule has 0 spiro atoms. The van der Waals surface area contributed by atoms with Gasteiger partial charge in [-0.3, -0.25) is 9.47 Å². The van der Waals surface area contributed by atoms with Crippen LogP contribution >= 0.6 is 0 Å². The molecule has 1 atom stereocenters. The zero-order chi connectivity index (χ0) is 22.5. The van der Waals surface area contributed by atoms with Crippen LogP contribution in [0.2, 0.25) is 0 Å². The first-order valence-corrected chi connectivity index (χ1v) is 11.9. The number of aromatic amines is 1. The lowest BCUT2D eigenvalue weighted by atomic mass is 10.00. The molecule has 0 amide bonds. The molecule has 1 saturated heterocycles. The predicted octanol–water partition coefficient (Wildman–Crippen LogP) is 3.71. The number of rotatable bonds is 5. The summed E-state index contributed by atoms with van der Waals surface area (Å²) in [7, 11) is 0. The quantitative estimate of drug-likeness (QED) is 0.508. The van der Waals surface area contributed by atoms with E-state index in [-0.39, 0.29) is 17.8 Å². The van der Waals surface area contributed by atoms with Crippen LogP contribution in [0.15, 0.2) is 47.3 Å². The van der Waals surface area contributed by atoms with Gasteiger partial charge in [0.15, 0.2) is 5.82 Å². The number of imidazole rings is 1. The molecule has 0 bridgehead atoms. The number of aryl methyl sites for hydroxylation is 2. The van der Waals surface area contributed by atoms with Gasteiger partial charge < -0.3 is 4.98 Å². The van der Waals surface area contributed by atoms with Crippen molar-refractivity contribution >= 4 is 11.0 Å². The standard InChI is InChI=1S/C25H29N7O/c1-16-6-5-7-17(2)22(16)32-24(27-28-29-32)23(18-10-11-18)30-14-12-19(13-15-30)31-21-9-4-3-8-20(21)26-25(31)33/h3-9,18-19,23H,10-15H2,1-2H3,(H,26,33). The number of fused-ring (bicyclic) bond motifs is 1. The third kappa shape index (κ3) is 3.49. The van der Waals surface area contributed by atoms with Crippen LogP contribution in [-0.4, -0.2) is 47.7 Å². The van der Waals surface area contributed by atoms with Gasteiger partial charge in [-0.1, -0.05) is 30.3 Å². The largest absolute Gasteiger partial charge is 0.326 e. The Bertz CT molecular complexity index is 1330. The fraction of sp³-hybridized carbons (Fsp3) is 0.440. The van der Waals surface area contributed by atoms with Crippen molar-refractivity contribution in [3.05, 3.63) is 69.9 Å². The molecular formula is C25H29N7O. The minimum absolute atomic E-state index is 0.00707. The molecule has 2 aromatic carbocycles. The van der Waals surface area contributed by atoms with Gasteiger partial charge in [-0.05, 0) is 79.1 Å². The van der Waals surface area contributed by atoms with Crippen LogP contribution in [0.25, 0.3) is 16.7 Å². The number of H-pyrrole nitrogens is 1. The first-order valence-electron chi connectivity index (χ1n) is 11.9. The van der Waals surface area contributed by atoms with Crippen LogP contribution in [0.3, 0.4) is 0 Å². The van der Waals surface area contributed by atoms with E-state index in [9.17, 15) is 4.79 Å². The highest BCUT2D eigenvalue weighted by Gasteiger charge is 2.41. The highest BCUT2D eigenvalue weighted by atomic mass is 16.1. The van der Waals surface area contributed by atoms with Crippen molar-refractivity contribution in [2.24, 2.45) is 5.92 Å². The Kier molecular flexibility index (Phi) is 4.90. The minimum atomic E-state index is -0.00707. The van der Waals surface area contributed by atoms with Gasteiger partial charge in [-0.15, -0.1) is 5.10 Å². The molecular weight excluding hydrogens is 414 g/mol. The zero-order valence-corrected chi connectivity index (χ0v) is 19.1. The fourth-order valence-corrected chi connectivity index (χ4v) is 5.62. The van der Waals surface area contributed by atoms with Gasteiger partial charge in [-0.2, -0.15) is 4.68 Å². The summed E-state index contributed by atoms with van der Waals surface area (Å²) in [5, 5.41) is 13.0. The van der Waals surface area contributed by atoms with Gasteiger partial charge in [0.05, 0.1) is 22.8 Å². The molecule has 33 heavy (non-hydrogen) atoms. The summed E-state index contributed by atoms with van der Waals surface area (Å²) >= 11 is 0. The Morgan fingerprint density at radius 2 is 1.70 bits per heavy atom. The molecule has 2 aromatic heterocycles. The van der Waals surface area contributed by atoms with Crippen molar-refractivity contribution in [3.63, 3.8) is 0 Å². The normalized spacial score (nSPS) is 18.7. The first kappa shape index (κ1) is 20.4. The van der Waals surface area contributed by atoms with Crippen molar-refractivity contribution in [1.82, 2.24) is 34.7 Å². The Hall–Kier alpha value is -3.26. The molecule has 6 rings (SSSR count). The van der Waals surface area contributed by atoms with Gasteiger partial charge in [0.25, 0.3) is 0 Å². The monoisotopic (exact) mass is 443 g/mol. The first-order chi connectivity index (χ1) is 16.1. The summed E-state index contributed by atoms with van der Waals surface area (Å²) in [5.74, 6) is 1.53. The van der Waals surface area contributed by atoms with Crippen LogP contribution in [0.1, 0.15) is 54.7 Å². The molecule has 2 fully saturated rings. The number of tetrazole rings is 1. The third-order valence-corrected chi connectivity index (χ3v) is 7.36. The number of hydrogen-bond donors (Lipinski definition) is 1. The van der Waals surface area contributed by atoms with E-state index in [2.05, 4.69) is 57.5 Å². The van der Waals surface area contributed by atoms with Crippen molar-refractivity contribution < 1.29 is 0 Å². The SMILES string of the molecule is Cc1cccc(C)c1-n1nnnc1C(C1CC1)N1CCC(n2c(=O)[nH]c3ccccc32)CC1. The molecule has 1 unspecified atom stereocenters. The number of nitrogens with zero attached hydrogens (tertiary/aromatic N) is 6. The van der Waals surface area contributed by atoms with Crippen LogP contribution in [-0.2, 0) is 0 Å². The summed E-state index contributed by atoms with van der Waals surface area (Å²) in [4.78, 5) is 18.2. The highest BCUT2D eigenvalue weighted by Crippen LogP contribution is 2.45. The van der Waals surface area contributed by atoms with E-state index < -0.39 is 0 Å². The lowest BCUT2D eigenvalue weighted by Crippen LogP contribution is -2.40. The van der Waals surface area contributed by atoms with Gasteiger partial charge >= 0.3 is 5.69 Å². The van der Waals surface area contributed by atoms with Gasteiger partial charge in [0, 0.05) is 19.1 Å². The Morgan fingerprint density at radius 3 is 2.42 bits per heavy atom. The second-order valence-electron chi connectivity index (χ2n) is 9.56. The zero-order valence-electron chi connectivity index (χ0n) is 19.1. The Morgan fingerprint density at radius 1 is 0.970 bits per heavy atom. The summed E-state index contributed by atoms with van der Waals surface area (Å²) in [6, 6.07) is 14.7. The molecule has 1 aliphatic carbocycles. The molecule has 1 aliphatic heterocycles. The van der Waals surface area contributed by atoms with Crippen LogP contribution in [0, 0.1) is 19.8 Å². The number of hydrogen-bond acceptors (Lipinski definition) is 5. The van der Waals surface area contributed by atoms with E-state index in [0.29, 0.717) is 5.92 Å². The maximum Gasteiger partial charge on any atom is 0.326 e. The fourth-order valence-electron chi connectivity index (χ4n) is 5.62. The number of para-hydroxylation sites is 3. The van der Waals surface area contributed by atoms with Crippen molar-refractivity contribution in [1.29, 1.82) is 0 Å². The van der Waals surface area contributed by atoms with E-state index in [1.807, 2.05) is 33.5 Å². The van der Waals surface area contributed by atoms with Crippen LogP contribution in [0.5, 0.6) is 0 Å². The van der Waals surface area contributed by atoms with Crippen LogP contribution in [0.4, 0.5) is 0 Å². The number of piperidine rings is 1. The van der Waals surface area contributed by atoms with Crippen LogP contribution < -0.4 is 5.69 Å². The Labute approximate surface area is 192 Å². The van der Waals surface area contributed by atoms with E-state index in [4.69, 9.17) is 0 Å². The maximum absolute atomic E-state index is 12.7. The Balaban J connectivity index is 1.29. The third-order valence-electron chi connectivity index (χ3n) is 7.36. The average molecular weight is 444 g/mol. The number of aromatic nitrogens is 6. The second kappa shape index (κ2) is 7.95. The summed E-state index contributed by atoms with van der Waals surface area (Å²) < 4.78 is 3.92. The topological polar surface area (TPSA) is 84.6 Å². The lowest BCUT2D eigenvalue weighted by molar-refractivity contribution is 0.114. The van der Waals surface area contributed by atoms with Crippen molar-refractivity contribution in [2.45, 2.75) is 51.6 Å². The molecule has 1 N–H and O–H groups in total. The predicted molar refractivity (Wildman–Crippen MR) is 126 cm³/mol. The molecule has 8 nitrogen and oxygen atoms in total. The van der Waals surface area contributed by atoms with E-state index in [1.165, 1.54) is 24.0 Å². The van der Waals surface area contributed by atoms with Gasteiger partial charge in [0.2, 0.25) is 0 Å². The molecule has 1 saturated carbocycles. The van der Waals surface area contributed by atoms with Crippen molar-refractivity contribution in [3.8, 4) is 5.69 Å². The molecule has 170 valence electrons. The smallest absolute Gasteiger partial charge is 0.306 e. The second-order valence-corrected chi connectivity index (χ2v) is 9.56. The number of benzene rings is 2. The molecule has 8 heteroatoms. The van der Waals surface area contributed by atoms with E-state index in [1.54, 1.807) is 0 Å². The molecule has 0 radical (unpaired) electrons. The lowest BCUT2D eigenvalue weighted by Gasteiger charge is -2.37.